The van der Waals surface area contributed by atoms with Crippen LogP contribution in [0, 0.1) is 12.7 Å². The van der Waals surface area contributed by atoms with E-state index in [1.807, 2.05) is 48.7 Å². The van der Waals surface area contributed by atoms with Gasteiger partial charge in [-0.25, -0.2) is 9.40 Å². The topological polar surface area (TPSA) is 106 Å². The fourth-order valence-corrected chi connectivity index (χ4v) is 6.13. The third-order valence-electron chi connectivity index (χ3n) is 6.70. The number of thioether (sulfide) groups is 1. The van der Waals surface area contributed by atoms with Crippen LogP contribution in [0.25, 0.3) is 5.69 Å². The van der Waals surface area contributed by atoms with Crippen molar-refractivity contribution in [2.24, 2.45) is 5.10 Å². The van der Waals surface area contributed by atoms with E-state index in [0.717, 1.165) is 21.7 Å². The number of hydrogen-bond donors (Lipinski definition) is 1. The molecule has 0 spiro atoms. The van der Waals surface area contributed by atoms with Gasteiger partial charge in [0, 0.05) is 12.1 Å². The molecule has 0 saturated carbocycles. The minimum absolute atomic E-state index is 0.0362. The van der Waals surface area contributed by atoms with E-state index in [-0.39, 0.29) is 35.8 Å². The lowest BCUT2D eigenvalue weighted by molar-refractivity contribution is -0.130. The summed E-state index contributed by atoms with van der Waals surface area (Å²) in [6.07, 6.45) is 2.03. The third-order valence-corrected chi connectivity index (χ3v) is 8.53. The van der Waals surface area contributed by atoms with Crippen LogP contribution in [-0.4, -0.2) is 43.1 Å². The van der Waals surface area contributed by atoms with Gasteiger partial charge in [-0.05, 0) is 60.3 Å². The molecule has 0 aliphatic carbocycles. The number of carbonyl (C=O) groups excluding carboxylic acids is 2. The summed E-state index contributed by atoms with van der Waals surface area (Å²) in [6.45, 7) is 2.06. The smallest absolute Gasteiger partial charge is 0.287 e. The highest BCUT2D eigenvalue weighted by Gasteiger charge is 2.33. The second-order valence-corrected chi connectivity index (χ2v) is 11.4. The van der Waals surface area contributed by atoms with Crippen LogP contribution >= 0.6 is 23.1 Å². The van der Waals surface area contributed by atoms with Gasteiger partial charge in [-0.15, -0.1) is 21.5 Å². The van der Waals surface area contributed by atoms with Gasteiger partial charge >= 0.3 is 0 Å². The van der Waals surface area contributed by atoms with Crippen molar-refractivity contribution in [2.45, 2.75) is 31.1 Å². The van der Waals surface area contributed by atoms with E-state index in [9.17, 15) is 14.0 Å². The Morgan fingerprint density at radius 1 is 1.07 bits per heavy atom. The standard InChI is InChI=1S/C30H25FN6O3S2/c1-19-6-8-20(9-7-19)24-16-23(26-5-3-15-41-26)35-37(24)28(38)18-42-30-34-33-27(17-32-29(39)25-4-2-14-40-25)36(30)22-12-10-21(31)11-13-22/h2-15,24H,16-18H2,1H3,(H,32,39)/t24-/m0/s1. The zero-order valence-electron chi connectivity index (χ0n) is 22.4. The lowest BCUT2D eigenvalue weighted by Gasteiger charge is -2.22. The molecule has 1 atom stereocenters. The first kappa shape index (κ1) is 27.6. The number of carbonyl (C=O) groups is 2. The maximum absolute atomic E-state index is 13.7. The molecular formula is C30H25FN6O3S2. The molecule has 42 heavy (non-hydrogen) atoms. The van der Waals surface area contributed by atoms with Crippen molar-refractivity contribution in [2.75, 3.05) is 5.75 Å². The monoisotopic (exact) mass is 600 g/mol. The van der Waals surface area contributed by atoms with Gasteiger partial charge in [-0.3, -0.25) is 14.2 Å². The third kappa shape index (κ3) is 5.90. The Morgan fingerprint density at radius 2 is 1.88 bits per heavy atom. The molecule has 12 heteroatoms. The van der Waals surface area contributed by atoms with E-state index < -0.39 is 5.91 Å². The number of nitrogens with zero attached hydrogens (tertiary/aromatic N) is 5. The molecule has 0 saturated heterocycles. The van der Waals surface area contributed by atoms with E-state index in [1.54, 1.807) is 45.2 Å². The molecular weight excluding hydrogens is 576 g/mol. The van der Waals surface area contributed by atoms with E-state index in [0.29, 0.717) is 23.1 Å². The molecule has 4 heterocycles. The molecule has 5 aromatic rings. The zero-order chi connectivity index (χ0) is 29.1. The van der Waals surface area contributed by atoms with Crippen molar-refractivity contribution in [1.82, 2.24) is 25.1 Å². The maximum atomic E-state index is 13.7. The van der Waals surface area contributed by atoms with Crippen molar-refractivity contribution in [3.05, 3.63) is 118 Å². The average molecular weight is 601 g/mol. The van der Waals surface area contributed by atoms with Gasteiger partial charge in [0.2, 0.25) is 0 Å². The van der Waals surface area contributed by atoms with Crippen molar-refractivity contribution in [1.29, 1.82) is 0 Å². The van der Waals surface area contributed by atoms with Crippen LogP contribution in [0.5, 0.6) is 0 Å². The first-order valence-electron chi connectivity index (χ1n) is 13.1. The normalized spacial score (nSPS) is 14.7. The minimum Gasteiger partial charge on any atom is -0.459 e. The van der Waals surface area contributed by atoms with Crippen LogP contribution in [-0.2, 0) is 11.3 Å². The molecule has 9 nitrogen and oxygen atoms in total. The largest absolute Gasteiger partial charge is 0.459 e. The summed E-state index contributed by atoms with van der Waals surface area (Å²) in [5.74, 6) is -0.360. The molecule has 0 bridgehead atoms. The Bertz CT molecular complexity index is 1720. The van der Waals surface area contributed by atoms with E-state index >= 15 is 0 Å². The van der Waals surface area contributed by atoms with Crippen molar-refractivity contribution in [3.63, 3.8) is 0 Å². The van der Waals surface area contributed by atoms with Crippen LogP contribution in [0.1, 0.15) is 44.8 Å². The van der Waals surface area contributed by atoms with Gasteiger partial charge in [-0.1, -0.05) is 47.7 Å². The number of benzene rings is 2. The first-order chi connectivity index (χ1) is 20.5. The van der Waals surface area contributed by atoms with Crippen LogP contribution in [0.2, 0.25) is 0 Å². The first-order valence-corrected chi connectivity index (χ1v) is 15.0. The van der Waals surface area contributed by atoms with Gasteiger partial charge in [0.15, 0.2) is 16.7 Å². The minimum atomic E-state index is -0.409. The second-order valence-electron chi connectivity index (χ2n) is 9.55. The summed E-state index contributed by atoms with van der Waals surface area (Å²) in [5, 5.41) is 20.1. The Kier molecular flexibility index (Phi) is 7.97. The molecule has 0 radical (unpaired) electrons. The summed E-state index contributed by atoms with van der Waals surface area (Å²) in [7, 11) is 0. The lowest BCUT2D eigenvalue weighted by Crippen LogP contribution is -2.28. The second kappa shape index (κ2) is 12.1. The number of nitrogens with one attached hydrogen (secondary N) is 1. The highest BCUT2D eigenvalue weighted by molar-refractivity contribution is 7.99. The molecule has 0 fully saturated rings. The molecule has 0 unspecified atom stereocenters. The van der Waals surface area contributed by atoms with Crippen LogP contribution in [0.4, 0.5) is 4.39 Å². The number of aryl methyl sites for hydroxylation is 1. The molecule has 1 aliphatic heterocycles. The Balaban J connectivity index is 1.24. The molecule has 212 valence electrons. The predicted octanol–water partition coefficient (Wildman–Crippen LogP) is 5.77. The zero-order valence-corrected chi connectivity index (χ0v) is 24.1. The van der Waals surface area contributed by atoms with Gasteiger partial charge < -0.3 is 9.73 Å². The van der Waals surface area contributed by atoms with Crippen molar-refractivity contribution >= 4 is 40.6 Å². The average Bonchev–Trinajstić information content (AvgIpc) is 3.82. The SMILES string of the molecule is Cc1ccc([C@@H]2CC(c3cccs3)=NN2C(=O)CSc2nnc(CNC(=O)c3ccco3)n2-c2ccc(F)cc2)cc1. The maximum Gasteiger partial charge on any atom is 0.287 e. The number of rotatable bonds is 9. The molecule has 2 amide bonds. The summed E-state index contributed by atoms with van der Waals surface area (Å²) in [6, 6.07) is 20.9. The van der Waals surface area contributed by atoms with Gasteiger partial charge in [0.05, 0.1) is 35.2 Å². The summed E-state index contributed by atoms with van der Waals surface area (Å²) < 4.78 is 20.6. The van der Waals surface area contributed by atoms with Gasteiger partial charge in [0.25, 0.3) is 11.8 Å². The number of hydrazone groups is 1. The number of halogens is 1. The summed E-state index contributed by atoms with van der Waals surface area (Å²) >= 11 is 2.79. The quantitative estimate of drug-likeness (QED) is 0.216. The molecule has 6 rings (SSSR count). The molecule has 2 aromatic carbocycles. The fourth-order valence-electron chi connectivity index (χ4n) is 4.58. The molecule has 1 aliphatic rings. The predicted molar refractivity (Wildman–Crippen MR) is 158 cm³/mol. The highest BCUT2D eigenvalue weighted by Crippen LogP contribution is 2.35. The van der Waals surface area contributed by atoms with Gasteiger partial charge in [-0.2, -0.15) is 5.10 Å². The Labute approximate surface area is 249 Å². The lowest BCUT2D eigenvalue weighted by atomic mass is 10.00. The van der Waals surface area contributed by atoms with E-state index in [1.165, 1.54) is 30.2 Å². The van der Waals surface area contributed by atoms with Crippen LogP contribution in [0.15, 0.2) is 99.1 Å². The molecule has 1 N–H and O–H groups in total. The Morgan fingerprint density at radius 3 is 2.60 bits per heavy atom. The summed E-state index contributed by atoms with van der Waals surface area (Å²) in [4.78, 5) is 27.1. The Hall–Kier alpha value is -4.55. The number of aromatic nitrogens is 3. The van der Waals surface area contributed by atoms with Crippen LogP contribution in [0.3, 0.4) is 0 Å². The highest BCUT2D eigenvalue weighted by atomic mass is 32.2. The number of furan rings is 1. The van der Waals surface area contributed by atoms with Crippen molar-refractivity contribution < 1.29 is 18.4 Å². The fraction of sp³-hybridized carbons (Fsp3) is 0.167. The molecule has 3 aromatic heterocycles. The number of hydrogen-bond acceptors (Lipinski definition) is 8. The van der Waals surface area contributed by atoms with Gasteiger partial charge in [0.1, 0.15) is 5.82 Å². The number of amides is 2. The van der Waals surface area contributed by atoms with E-state index in [2.05, 4.69) is 15.5 Å². The van der Waals surface area contributed by atoms with Crippen molar-refractivity contribution in [3.8, 4) is 5.69 Å². The number of thiophene rings is 1. The summed E-state index contributed by atoms with van der Waals surface area (Å²) in [5.41, 5.74) is 3.62. The van der Waals surface area contributed by atoms with E-state index in [4.69, 9.17) is 9.52 Å². The van der Waals surface area contributed by atoms with Crippen LogP contribution < -0.4 is 5.32 Å².